The summed E-state index contributed by atoms with van der Waals surface area (Å²) in [7, 11) is 1.53. The molecule has 1 unspecified atom stereocenters. The Bertz CT molecular complexity index is 472. The highest BCUT2D eigenvalue weighted by atomic mass is 35.5. The molecule has 0 aliphatic heterocycles. The Morgan fingerprint density at radius 1 is 1.33 bits per heavy atom. The zero-order valence-corrected chi connectivity index (χ0v) is 12.1. The van der Waals surface area contributed by atoms with Gasteiger partial charge < -0.3 is 9.47 Å². The third-order valence-corrected chi connectivity index (χ3v) is 3.15. The van der Waals surface area contributed by atoms with Crippen LogP contribution in [0.2, 0.25) is 5.02 Å². The first-order valence-corrected chi connectivity index (χ1v) is 6.11. The second-order valence-electron chi connectivity index (χ2n) is 5.23. The van der Waals surface area contributed by atoms with Crippen LogP contribution in [0.15, 0.2) is 12.1 Å². The molecular formula is C14H18ClNO2. The summed E-state index contributed by atoms with van der Waals surface area (Å²) in [6.45, 7) is 8.24. The first-order chi connectivity index (χ1) is 8.29. The molecule has 0 N–H and O–H groups in total. The number of hydrogen-bond donors (Lipinski definition) is 0. The normalized spacial score (nSPS) is 12.7. The van der Waals surface area contributed by atoms with Crippen LogP contribution in [0, 0.1) is 16.7 Å². The molecule has 1 rings (SSSR count). The average molecular weight is 268 g/mol. The van der Waals surface area contributed by atoms with E-state index in [-0.39, 0.29) is 11.5 Å². The van der Waals surface area contributed by atoms with Crippen LogP contribution < -0.4 is 9.47 Å². The third-order valence-electron chi connectivity index (χ3n) is 2.87. The van der Waals surface area contributed by atoms with Crippen LogP contribution in [0.1, 0.15) is 33.3 Å². The Morgan fingerprint density at radius 2 is 1.94 bits per heavy atom. The first kappa shape index (κ1) is 14.7. The minimum Gasteiger partial charge on any atom is -0.493 e. The Kier molecular flexibility index (Phi) is 4.48. The zero-order chi connectivity index (χ0) is 13.9. The van der Waals surface area contributed by atoms with Crippen LogP contribution in [0.3, 0.4) is 0 Å². The second kappa shape index (κ2) is 5.49. The van der Waals surface area contributed by atoms with E-state index in [9.17, 15) is 0 Å². The standard InChI is InChI=1S/C14H18ClNO2/c1-9(14(2,3)4)18-13-11(15)6-10(8-16)7-12(13)17-5/h6-7,9H,1-5H3. The third kappa shape index (κ3) is 3.30. The van der Waals surface area contributed by atoms with Crippen molar-refractivity contribution in [2.24, 2.45) is 5.41 Å². The molecule has 0 spiro atoms. The first-order valence-electron chi connectivity index (χ1n) is 5.74. The number of methoxy groups -OCH3 is 1. The molecule has 0 aromatic heterocycles. The minimum absolute atomic E-state index is 0.0117. The van der Waals surface area contributed by atoms with Gasteiger partial charge in [-0.15, -0.1) is 0 Å². The van der Waals surface area contributed by atoms with E-state index in [1.54, 1.807) is 12.1 Å². The molecule has 0 saturated heterocycles. The highest BCUT2D eigenvalue weighted by Crippen LogP contribution is 2.38. The van der Waals surface area contributed by atoms with Crippen molar-refractivity contribution < 1.29 is 9.47 Å². The molecule has 0 heterocycles. The van der Waals surface area contributed by atoms with Crippen LogP contribution in [0.4, 0.5) is 0 Å². The van der Waals surface area contributed by atoms with Crippen molar-refractivity contribution in [3.05, 3.63) is 22.7 Å². The Hall–Kier alpha value is -1.40. The summed E-state index contributed by atoms with van der Waals surface area (Å²) < 4.78 is 11.1. The molecule has 0 radical (unpaired) electrons. The number of nitriles is 1. The summed E-state index contributed by atoms with van der Waals surface area (Å²) in [5.41, 5.74) is 0.440. The fourth-order valence-electron chi connectivity index (χ4n) is 1.25. The van der Waals surface area contributed by atoms with E-state index in [0.717, 1.165) is 0 Å². The number of ether oxygens (including phenoxy) is 2. The summed E-state index contributed by atoms with van der Waals surface area (Å²) >= 11 is 6.13. The van der Waals surface area contributed by atoms with Crippen LogP contribution in [0.5, 0.6) is 11.5 Å². The minimum atomic E-state index is -0.0307. The van der Waals surface area contributed by atoms with Gasteiger partial charge in [-0.2, -0.15) is 5.26 Å². The number of halogens is 1. The Labute approximate surface area is 113 Å². The van der Waals surface area contributed by atoms with E-state index in [1.807, 2.05) is 13.0 Å². The fraction of sp³-hybridized carbons (Fsp3) is 0.500. The molecule has 0 bridgehead atoms. The van der Waals surface area contributed by atoms with E-state index >= 15 is 0 Å². The fourth-order valence-corrected chi connectivity index (χ4v) is 1.51. The van der Waals surface area contributed by atoms with Gasteiger partial charge in [-0.1, -0.05) is 32.4 Å². The van der Waals surface area contributed by atoms with Crippen LogP contribution >= 0.6 is 11.6 Å². The molecule has 1 atom stereocenters. The van der Waals surface area contributed by atoms with Crippen molar-refractivity contribution in [3.8, 4) is 17.6 Å². The highest BCUT2D eigenvalue weighted by molar-refractivity contribution is 6.32. The second-order valence-corrected chi connectivity index (χ2v) is 5.63. The zero-order valence-electron chi connectivity index (χ0n) is 11.4. The lowest BCUT2D eigenvalue weighted by Gasteiger charge is -2.28. The average Bonchev–Trinajstić information content (AvgIpc) is 2.29. The maximum absolute atomic E-state index is 8.88. The van der Waals surface area contributed by atoms with E-state index < -0.39 is 0 Å². The molecule has 1 aromatic rings. The summed E-state index contributed by atoms with van der Waals surface area (Å²) in [5, 5.41) is 9.27. The van der Waals surface area contributed by atoms with Crippen LogP contribution in [-0.2, 0) is 0 Å². The molecule has 3 nitrogen and oxygen atoms in total. The molecule has 18 heavy (non-hydrogen) atoms. The predicted molar refractivity (Wildman–Crippen MR) is 72.3 cm³/mol. The van der Waals surface area contributed by atoms with Gasteiger partial charge in [0.2, 0.25) is 0 Å². The van der Waals surface area contributed by atoms with Crippen LogP contribution in [0.25, 0.3) is 0 Å². The summed E-state index contributed by atoms with van der Waals surface area (Å²) in [4.78, 5) is 0. The van der Waals surface area contributed by atoms with E-state index in [4.69, 9.17) is 26.3 Å². The van der Waals surface area contributed by atoms with Gasteiger partial charge in [0.1, 0.15) is 6.10 Å². The Morgan fingerprint density at radius 3 is 2.39 bits per heavy atom. The number of benzene rings is 1. The SMILES string of the molecule is COc1cc(C#N)cc(Cl)c1OC(C)C(C)(C)C. The molecule has 4 heteroatoms. The van der Waals surface area contributed by atoms with Crippen molar-refractivity contribution in [2.75, 3.05) is 7.11 Å². The molecule has 0 amide bonds. The topological polar surface area (TPSA) is 42.2 Å². The summed E-state index contributed by atoms with van der Waals surface area (Å²) in [6, 6.07) is 5.23. The van der Waals surface area contributed by atoms with Gasteiger partial charge in [0, 0.05) is 6.07 Å². The van der Waals surface area contributed by atoms with E-state index in [1.165, 1.54) is 7.11 Å². The van der Waals surface area contributed by atoms with Gasteiger partial charge in [0.25, 0.3) is 0 Å². The van der Waals surface area contributed by atoms with Crippen LogP contribution in [-0.4, -0.2) is 13.2 Å². The molecule has 1 aromatic carbocycles. The molecule has 98 valence electrons. The van der Waals surface area contributed by atoms with Gasteiger partial charge in [0.15, 0.2) is 11.5 Å². The van der Waals surface area contributed by atoms with Crippen molar-refractivity contribution in [1.82, 2.24) is 0 Å². The van der Waals surface area contributed by atoms with Gasteiger partial charge in [-0.3, -0.25) is 0 Å². The van der Waals surface area contributed by atoms with Crippen molar-refractivity contribution in [2.45, 2.75) is 33.8 Å². The number of hydrogen-bond acceptors (Lipinski definition) is 3. The smallest absolute Gasteiger partial charge is 0.180 e. The largest absolute Gasteiger partial charge is 0.493 e. The number of nitrogens with zero attached hydrogens (tertiary/aromatic N) is 1. The lowest BCUT2D eigenvalue weighted by Crippen LogP contribution is -2.29. The molecular weight excluding hydrogens is 250 g/mol. The molecule has 0 aliphatic carbocycles. The van der Waals surface area contributed by atoms with E-state index in [0.29, 0.717) is 22.1 Å². The quantitative estimate of drug-likeness (QED) is 0.830. The van der Waals surface area contributed by atoms with Crippen molar-refractivity contribution >= 4 is 11.6 Å². The Balaban J connectivity index is 3.13. The molecule has 0 saturated carbocycles. The molecule has 0 fully saturated rings. The highest BCUT2D eigenvalue weighted by Gasteiger charge is 2.24. The van der Waals surface area contributed by atoms with E-state index in [2.05, 4.69) is 20.8 Å². The van der Waals surface area contributed by atoms with Crippen molar-refractivity contribution in [1.29, 1.82) is 5.26 Å². The summed E-state index contributed by atoms with van der Waals surface area (Å²) in [5.74, 6) is 0.968. The maximum atomic E-state index is 8.88. The lowest BCUT2D eigenvalue weighted by molar-refractivity contribution is 0.100. The maximum Gasteiger partial charge on any atom is 0.180 e. The lowest BCUT2D eigenvalue weighted by atomic mass is 9.90. The van der Waals surface area contributed by atoms with Crippen molar-refractivity contribution in [3.63, 3.8) is 0 Å². The molecule has 0 aliphatic rings. The van der Waals surface area contributed by atoms with Gasteiger partial charge in [-0.25, -0.2) is 0 Å². The van der Waals surface area contributed by atoms with Gasteiger partial charge in [0.05, 0.1) is 23.8 Å². The van der Waals surface area contributed by atoms with Gasteiger partial charge in [-0.05, 0) is 18.4 Å². The monoisotopic (exact) mass is 267 g/mol. The van der Waals surface area contributed by atoms with Gasteiger partial charge >= 0.3 is 0 Å². The summed E-state index contributed by atoms with van der Waals surface area (Å²) in [6.07, 6.45) is -0.0307. The predicted octanol–water partition coefficient (Wildman–Crippen LogP) is 4.03. The number of rotatable bonds is 3.